The van der Waals surface area contributed by atoms with Gasteiger partial charge in [-0.05, 0) is 24.5 Å². The van der Waals surface area contributed by atoms with Crippen LogP contribution in [0, 0.1) is 5.92 Å². The maximum Gasteiger partial charge on any atom is 0.247 e. The third-order valence-electron chi connectivity index (χ3n) is 4.58. The van der Waals surface area contributed by atoms with E-state index in [1.54, 1.807) is 17.0 Å². The van der Waals surface area contributed by atoms with E-state index < -0.39 is 16.1 Å². The SMILES string of the molecule is COc1ccc(OC)c(S(=O)(=O)N2CCN(C(=O)[C@@H](N)CC(C)C)CC2)c1.Cl. The van der Waals surface area contributed by atoms with Crippen LogP contribution in [0.15, 0.2) is 23.1 Å². The third kappa shape index (κ3) is 5.50. The molecule has 160 valence electrons. The molecule has 1 amide bonds. The van der Waals surface area contributed by atoms with Gasteiger partial charge in [-0.15, -0.1) is 12.4 Å². The van der Waals surface area contributed by atoms with Crippen molar-refractivity contribution in [3.63, 3.8) is 0 Å². The van der Waals surface area contributed by atoms with Crippen LogP contribution in [0.5, 0.6) is 11.5 Å². The van der Waals surface area contributed by atoms with E-state index in [-0.39, 0.29) is 42.0 Å². The molecule has 1 aromatic carbocycles. The average molecular weight is 436 g/mol. The number of rotatable bonds is 7. The number of nitrogens with zero attached hydrogens (tertiary/aromatic N) is 2. The van der Waals surface area contributed by atoms with Crippen molar-refractivity contribution in [2.75, 3.05) is 40.4 Å². The molecule has 0 saturated carbocycles. The molecular weight excluding hydrogens is 406 g/mol. The smallest absolute Gasteiger partial charge is 0.247 e. The minimum Gasteiger partial charge on any atom is -0.497 e. The van der Waals surface area contributed by atoms with Gasteiger partial charge in [0.15, 0.2) is 0 Å². The first-order valence-electron chi connectivity index (χ1n) is 8.97. The molecule has 2 N–H and O–H groups in total. The summed E-state index contributed by atoms with van der Waals surface area (Å²) in [5, 5.41) is 0. The van der Waals surface area contributed by atoms with E-state index in [9.17, 15) is 13.2 Å². The number of nitrogens with two attached hydrogens (primary N) is 1. The van der Waals surface area contributed by atoms with Crippen molar-refractivity contribution >= 4 is 28.3 Å². The molecule has 28 heavy (non-hydrogen) atoms. The lowest BCUT2D eigenvalue weighted by molar-refractivity contribution is -0.134. The Morgan fingerprint density at radius 1 is 1.14 bits per heavy atom. The molecule has 1 aliphatic rings. The van der Waals surface area contributed by atoms with Gasteiger partial charge in [0.1, 0.15) is 16.4 Å². The van der Waals surface area contributed by atoms with Gasteiger partial charge in [-0.1, -0.05) is 13.8 Å². The lowest BCUT2D eigenvalue weighted by Crippen LogP contribution is -2.54. The molecule has 0 bridgehead atoms. The Kier molecular flexibility index (Phi) is 9.00. The van der Waals surface area contributed by atoms with E-state index in [0.717, 1.165) is 0 Å². The lowest BCUT2D eigenvalue weighted by Gasteiger charge is -2.35. The molecule has 0 aromatic heterocycles. The van der Waals surface area contributed by atoms with E-state index in [1.807, 2.05) is 13.8 Å². The molecule has 1 fully saturated rings. The first-order chi connectivity index (χ1) is 12.7. The topological polar surface area (TPSA) is 102 Å². The molecule has 10 heteroatoms. The molecule has 1 aromatic rings. The predicted molar refractivity (Wildman–Crippen MR) is 110 cm³/mol. The first kappa shape index (κ1) is 24.5. The van der Waals surface area contributed by atoms with Crippen molar-refractivity contribution in [3.8, 4) is 11.5 Å². The molecule has 0 spiro atoms. The summed E-state index contributed by atoms with van der Waals surface area (Å²) in [7, 11) is -0.867. The number of carbonyl (C=O) groups excluding carboxylic acids is 1. The van der Waals surface area contributed by atoms with Crippen LogP contribution in [0.1, 0.15) is 20.3 Å². The molecule has 0 unspecified atom stereocenters. The monoisotopic (exact) mass is 435 g/mol. The quantitative estimate of drug-likeness (QED) is 0.693. The second-order valence-electron chi connectivity index (χ2n) is 6.98. The van der Waals surface area contributed by atoms with E-state index in [2.05, 4.69) is 0 Å². The number of hydrogen-bond donors (Lipinski definition) is 1. The van der Waals surface area contributed by atoms with Crippen LogP contribution >= 0.6 is 12.4 Å². The number of hydrogen-bond acceptors (Lipinski definition) is 6. The Labute approximate surface area is 173 Å². The van der Waals surface area contributed by atoms with Gasteiger partial charge in [-0.2, -0.15) is 4.31 Å². The average Bonchev–Trinajstić information content (AvgIpc) is 2.66. The normalized spacial score (nSPS) is 16.4. The number of benzene rings is 1. The number of halogens is 1. The van der Waals surface area contributed by atoms with Gasteiger partial charge in [0.05, 0.1) is 20.3 Å². The molecule has 1 aliphatic heterocycles. The summed E-state index contributed by atoms with van der Waals surface area (Å²) in [5.41, 5.74) is 5.98. The van der Waals surface area contributed by atoms with Crippen LogP contribution in [-0.2, 0) is 14.8 Å². The fourth-order valence-electron chi connectivity index (χ4n) is 3.12. The molecule has 1 heterocycles. The second-order valence-corrected chi connectivity index (χ2v) is 8.89. The Balaban J connectivity index is 0.00000392. The molecule has 2 rings (SSSR count). The van der Waals surface area contributed by atoms with Gasteiger partial charge in [-0.3, -0.25) is 4.79 Å². The van der Waals surface area contributed by atoms with Crippen LogP contribution in [0.2, 0.25) is 0 Å². The number of sulfonamides is 1. The Hall–Kier alpha value is -1.55. The largest absolute Gasteiger partial charge is 0.497 e. The highest BCUT2D eigenvalue weighted by molar-refractivity contribution is 7.89. The lowest BCUT2D eigenvalue weighted by atomic mass is 10.0. The van der Waals surface area contributed by atoms with Gasteiger partial charge in [0.25, 0.3) is 0 Å². The number of amides is 1. The molecule has 1 saturated heterocycles. The Morgan fingerprint density at radius 3 is 2.25 bits per heavy atom. The highest BCUT2D eigenvalue weighted by Crippen LogP contribution is 2.31. The predicted octanol–water partition coefficient (Wildman–Crippen LogP) is 1.33. The third-order valence-corrected chi connectivity index (χ3v) is 6.50. The molecule has 0 aliphatic carbocycles. The van der Waals surface area contributed by atoms with Crippen LogP contribution < -0.4 is 15.2 Å². The number of carbonyl (C=O) groups is 1. The molecular formula is C18H30ClN3O5S. The van der Waals surface area contributed by atoms with Crippen LogP contribution in [0.25, 0.3) is 0 Å². The maximum absolute atomic E-state index is 13.1. The Morgan fingerprint density at radius 2 is 1.75 bits per heavy atom. The summed E-state index contributed by atoms with van der Waals surface area (Å²) in [4.78, 5) is 14.1. The van der Waals surface area contributed by atoms with Gasteiger partial charge >= 0.3 is 0 Å². The van der Waals surface area contributed by atoms with Crippen molar-refractivity contribution in [3.05, 3.63) is 18.2 Å². The minimum atomic E-state index is -3.77. The van der Waals surface area contributed by atoms with E-state index in [4.69, 9.17) is 15.2 Å². The summed E-state index contributed by atoms with van der Waals surface area (Å²) in [6.07, 6.45) is 0.609. The van der Waals surface area contributed by atoms with E-state index in [0.29, 0.717) is 31.2 Å². The van der Waals surface area contributed by atoms with Crippen molar-refractivity contribution in [2.24, 2.45) is 11.7 Å². The molecule has 1 atom stereocenters. The van der Waals surface area contributed by atoms with Crippen molar-refractivity contribution in [1.29, 1.82) is 0 Å². The molecule has 0 radical (unpaired) electrons. The zero-order valence-electron chi connectivity index (χ0n) is 16.8. The fourth-order valence-corrected chi connectivity index (χ4v) is 4.71. The summed E-state index contributed by atoms with van der Waals surface area (Å²) in [5.74, 6) is 0.891. The number of methoxy groups -OCH3 is 2. The van der Waals surface area contributed by atoms with Crippen molar-refractivity contribution < 1.29 is 22.7 Å². The second kappa shape index (κ2) is 10.3. The van der Waals surface area contributed by atoms with E-state index >= 15 is 0 Å². The van der Waals surface area contributed by atoms with Gasteiger partial charge in [-0.25, -0.2) is 8.42 Å². The zero-order valence-corrected chi connectivity index (χ0v) is 18.4. The summed E-state index contributed by atoms with van der Waals surface area (Å²) in [6.45, 7) is 5.08. The van der Waals surface area contributed by atoms with Gasteiger partial charge in [0.2, 0.25) is 15.9 Å². The van der Waals surface area contributed by atoms with Crippen LogP contribution in [0.4, 0.5) is 0 Å². The number of ether oxygens (including phenoxy) is 2. The van der Waals surface area contributed by atoms with Crippen LogP contribution in [-0.4, -0.2) is 70.0 Å². The summed E-state index contributed by atoms with van der Waals surface area (Å²) in [6, 6.07) is 4.11. The number of piperazine rings is 1. The highest BCUT2D eigenvalue weighted by Gasteiger charge is 2.33. The van der Waals surface area contributed by atoms with E-state index in [1.165, 1.54) is 24.6 Å². The summed E-state index contributed by atoms with van der Waals surface area (Å²) >= 11 is 0. The highest BCUT2D eigenvalue weighted by atomic mass is 35.5. The standard InChI is InChI=1S/C18H29N3O5S.ClH/c1-13(2)11-15(19)18(22)20-7-9-21(10-8-20)27(23,24)17-12-14(25-3)5-6-16(17)26-4;/h5-6,12-13,15H,7-11,19H2,1-4H3;1H/t15-;/m0./s1. The maximum atomic E-state index is 13.1. The Bertz CT molecular complexity index is 764. The summed E-state index contributed by atoms with van der Waals surface area (Å²) < 4.78 is 37.8. The van der Waals surface area contributed by atoms with Crippen molar-refractivity contribution in [2.45, 2.75) is 31.2 Å². The van der Waals surface area contributed by atoms with Gasteiger partial charge < -0.3 is 20.1 Å². The van der Waals surface area contributed by atoms with Gasteiger partial charge in [0, 0.05) is 32.2 Å². The minimum absolute atomic E-state index is 0. The first-order valence-corrected chi connectivity index (χ1v) is 10.4. The zero-order chi connectivity index (χ0) is 20.2. The fraction of sp³-hybridized carbons (Fsp3) is 0.611. The van der Waals surface area contributed by atoms with Crippen LogP contribution in [0.3, 0.4) is 0 Å². The van der Waals surface area contributed by atoms with Crippen molar-refractivity contribution in [1.82, 2.24) is 9.21 Å². The molecule has 8 nitrogen and oxygen atoms in total.